The highest BCUT2D eigenvalue weighted by atomic mass is 32.1. The van der Waals surface area contributed by atoms with E-state index in [4.69, 9.17) is 4.42 Å². The summed E-state index contributed by atoms with van der Waals surface area (Å²) in [6, 6.07) is 18.4. The maximum Gasteiger partial charge on any atom is 0.309 e. The third-order valence-electron chi connectivity index (χ3n) is 5.21. The van der Waals surface area contributed by atoms with E-state index in [9.17, 15) is 14.0 Å². The number of hydrogen-bond donors (Lipinski definition) is 0. The molecule has 0 unspecified atom stereocenters. The van der Waals surface area contributed by atoms with Crippen molar-refractivity contribution in [2.24, 2.45) is 5.10 Å². The van der Waals surface area contributed by atoms with Crippen LogP contribution in [0.3, 0.4) is 0 Å². The molecule has 0 N–H and O–H groups in total. The molecular weight excluding hydrogens is 487 g/mol. The molecule has 0 fully saturated rings. The van der Waals surface area contributed by atoms with Gasteiger partial charge in [-0.05, 0) is 42.5 Å². The van der Waals surface area contributed by atoms with Crippen LogP contribution in [0.25, 0.3) is 31.4 Å². The van der Waals surface area contributed by atoms with Gasteiger partial charge in [-0.3, -0.25) is 9.59 Å². The van der Waals surface area contributed by atoms with Gasteiger partial charge in [0.15, 0.2) is 5.01 Å². The van der Waals surface area contributed by atoms with E-state index in [-0.39, 0.29) is 21.1 Å². The van der Waals surface area contributed by atoms with Crippen molar-refractivity contribution in [2.75, 3.05) is 5.01 Å². The zero-order chi connectivity index (χ0) is 23.9. The molecule has 0 saturated heterocycles. The number of aromatic nitrogens is 2. The van der Waals surface area contributed by atoms with E-state index in [0.29, 0.717) is 26.7 Å². The average Bonchev–Trinajstić information content (AvgIpc) is 3.49. The summed E-state index contributed by atoms with van der Waals surface area (Å²) in [5, 5.41) is 6.22. The quantitative estimate of drug-likeness (QED) is 0.224. The van der Waals surface area contributed by atoms with Crippen LogP contribution >= 0.6 is 22.7 Å². The Balaban J connectivity index is 1.46. The predicted octanol–water partition coefficient (Wildman–Crippen LogP) is 5.83. The Morgan fingerprint density at radius 2 is 1.77 bits per heavy atom. The summed E-state index contributed by atoms with van der Waals surface area (Å²) in [6.07, 6.45) is 2.55. The second-order valence-electron chi connectivity index (χ2n) is 7.47. The Labute approximate surface area is 204 Å². The van der Waals surface area contributed by atoms with Crippen LogP contribution in [0, 0.1) is 5.82 Å². The number of para-hydroxylation sites is 2. The highest BCUT2D eigenvalue weighted by molar-refractivity contribution is 7.22. The summed E-state index contributed by atoms with van der Waals surface area (Å²) in [5.41, 5.74) is 1.54. The molecule has 3 aromatic carbocycles. The fourth-order valence-corrected chi connectivity index (χ4v) is 5.36. The van der Waals surface area contributed by atoms with Crippen molar-refractivity contribution < 1.29 is 13.6 Å². The van der Waals surface area contributed by atoms with Gasteiger partial charge in [0.25, 0.3) is 0 Å². The predicted molar refractivity (Wildman–Crippen MR) is 136 cm³/mol. The van der Waals surface area contributed by atoms with Crippen LogP contribution in [0.1, 0.15) is 15.4 Å². The molecule has 6 rings (SSSR count). The molecule has 10 heteroatoms. The van der Waals surface area contributed by atoms with Crippen LogP contribution < -0.4 is 10.4 Å². The third-order valence-corrected chi connectivity index (χ3v) is 7.23. The molecule has 0 aliphatic heterocycles. The van der Waals surface area contributed by atoms with Crippen molar-refractivity contribution in [1.29, 1.82) is 0 Å². The standard InChI is InChI=1S/C25H13FN4O3S2/c26-15-9-10-18-21(11-15)35-25(29-18)30(24(32)23-28-17-6-2-4-8-20(17)34-23)27-12-14-13-33-19-7-3-1-5-16(19)22(14)31/h1-13H/b27-12+. The number of carbonyl (C=O) groups is 1. The number of halogens is 1. The number of thiazole rings is 2. The number of amides is 1. The number of fused-ring (bicyclic) bond motifs is 3. The van der Waals surface area contributed by atoms with E-state index in [2.05, 4.69) is 15.1 Å². The van der Waals surface area contributed by atoms with Crippen molar-refractivity contribution in [3.63, 3.8) is 0 Å². The third kappa shape index (κ3) is 3.88. The monoisotopic (exact) mass is 500 g/mol. The first-order valence-corrected chi connectivity index (χ1v) is 12.0. The molecule has 0 aliphatic carbocycles. The minimum absolute atomic E-state index is 0.165. The summed E-state index contributed by atoms with van der Waals surface area (Å²) in [4.78, 5) is 35.3. The molecule has 3 heterocycles. The van der Waals surface area contributed by atoms with Gasteiger partial charge in [0.2, 0.25) is 10.6 Å². The summed E-state index contributed by atoms with van der Waals surface area (Å²) in [7, 11) is 0. The molecule has 0 saturated carbocycles. The second kappa shape index (κ2) is 8.49. The molecule has 7 nitrogen and oxygen atoms in total. The van der Waals surface area contributed by atoms with Crippen molar-refractivity contribution in [2.45, 2.75) is 0 Å². The van der Waals surface area contributed by atoms with Crippen LogP contribution in [0.4, 0.5) is 9.52 Å². The van der Waals surface area contributed by atoms with E-state index in [1.165, 1.54) is 42.0 Å². The van der Waals surface area contributed by atoms with Gasteiger partial charge in [-0.25, -0.2) is 14.4 Å². The van der Waals surface area contributed by atoms with Crippen LogP contribution in [-0.2, 0) is 0 Å². The SMILES string of the molecule is O=C(c1nc2ccccc2s1)N(/N=C/c1coc2ccccc2c1=O)c1nc2ccc(F)cc2s1. The van der Waals surface area contributed by atoms with Crippen LogP contribution in [-0.4, -0.2) is 22.1 Å². The highest BCUT2D eigenvalue weighted by Crippen LogP contribution is 2.32. The van der Waals surface area contributed by atoms with Crippen LogP contribution in [0.2, 0.25) is 0 Å². The number of anilines is 1. The zero-order valence-corrected chi connectivity index (χ0v) is 19.3. The Kier molecular flexibility index (Phi) is 5.16. The molecule has 0 bridgehead atoms. The summed E-state index contributed by atoms with van der Waals surface area (Å²) >= 11 is 2.33. The second-order valence-corrected chi connectivity index (χ2v) is 9.51. The molecule has 0 radical (unpaired) electrons. The van der Waals surface area contributed by atoms with Crippen molar-refractivity contribution in [3.8, 4) is 0 Å². The molecule has 1 amide bonds. The number of rotatable bonds is 4. The lowest BCUT2D eigenvalue weighted by Gasteiger charge is -2.11. The lowest BCUT2D eigenvalue weighted by molar-refractivity contribution is 0.0987. The van der Waals surface area contributed by atoms with Gasteiger partial charge in [0.1, 0.15) is 17.7 Å². The maximum absolute atomic E-state index is 13.7. The summed E-state index contributed by atoms with van der Waals surface area (Å²) in [5.74, 6) is -0.929. The van der Waals surface area contributed by atoms with E-state index < -0.39 is 11.7 Å². The van der Waals surface area contributed by atoms with E-state index in [1.54, 1.807) is 24.3 Å². The Bertz CT molecular complexity index is 1810. The van der Waals surface area contributed by atoms with E-state index in [1.807, 2.05) is 24.3 Å². The zero-order valence-electron chi connectivity index (χ0n) is 17.7. The fourth-order valence-electron chi connectivity index (χ4n) is 3.52. The Morgan fingerprint density at radius 1 is 0.971 bits per heavy atom. The van der Waals surface area contributed by atoms with Gasteiger partial charge < -0.3 is 4.42 Å². The first-order chi connectivity index (χ1) is 17.1. The van der Waals surface area contributed by atoms with Crippen LogP contribution in [0.5, 0.6) is 0 Å². The van der Waals surface area contributed by atoms with Gasteiger partial charge >= 0.3 is 5.91 Å². The minimum Gasteiger partial charge on any atom is -0.463 e. The average molecular weight is 501 g/mol. The van der Waals surface area contributed by atoms with Crippen molar-refractivity contribution in [1.82, 2.24) is 9.97 Å². The summed E-state index contributed by atoms with van der Waals surface area (Å²) < 4.78 is 20.7. The topological polar surface area (TPSA) is 88.7 Å². The molecular formula is C25H13FN4O3S2. The molecule has 0 atom stereocenters. The molecule has 0 aliphatic rings. The maximum atomic E-state index is 13.7. The first-order valence-electron chi connectivity index (χ1n) is 10.4. The van der Waals surface area contributed by atoms with Crippen molar-refractivity contribution >= 4 is 71.3 Å². The van der Waals surface area contributed by atoms with Crippen molar-refractivity contribution in [3.05, 3.63) is 99.6 Å². The number of benzene rings is 3. The lowest BCUT2D eigenvalue weighted by Crippen LogP contribution is -2.26. The minimum atomic E-state index is -0.521. The number of hydrazone groups is 1. The number of carbonyl (C=O) groups excluding carboxylic acids is 1. The first kappa shape index (κ1) is 21.3. The highest BCUT2D eigenvalue weighted by Gasteiger charge is 2.24. The molecule has 35 heavy (non-hydrogen) atoms. The van der Waals surface area contributed by atoms with Gasteiger partial charge in [0.05, 0.1) is 37.6 Å². The Morgan fingerprint density at radius 3 is 2.66 bits per heavy atom. The molecule has 3 aromatic heterocycles. The smallest absolute Gasteiger partial charge is 0.309 e. The Hall–Kier alpha value is -4.28. The van der Waals surface area contributed by atoms with E-state index >= 15 is 0 Å². The van der Waals surface area contributed by atoms with Gasteiger partial charge in [-0.15, -0.1) is 11.3 Å². The molecule has 0 spiro atoms. The molecule has 6 aromatic rings. The van der Waals surface area contributed by atoms with Crippen LogP contribution in [0.15, 0.2) is 87.3 Å². The summed E-state index contributed by atoms with van der Waals surface area (Å²) in [6.45, 7) is 0. The lowest BCUT2D eigenvalue weighted by atomic mass is 10.2. The largest absolute Gasteiger partial charge is 0.463 e. The van der Waals surface area contributed by atoms with Gasteiger partial charge in [-0.1, -0.05) is 35.6 Å². The number of hydrogen-bond acceptors (Lipinski definition) is 8. The number of nitrogens with zero attached hydrogens (tertiary/aromatic N) is 4. The van der Waals surface area contributed by atoms with Gasteiger partial charge in [0, 0.05) is 0 Å². The normalized spacial score (nSPS) is 11.7. The fraction of sp³-hybridized carbons (Fsp3) is 0. The van der Waals surface area contributed by atoms with E-state index in [0.717, 1.165) is 21.0 Å². The van der Waals surface area contributed by atoms with Gasteiger partial charge in [-0.2, -0.15) is 10.1 Å². The molecule has 170 valence electrons.